The number of rotatable bonds is 2. The first kappa shape index (κ1) is 12.5. The van der Waals surface area contributed by atoms with E-state index in [1.165, 1.54) is 18.2 Å². The summed E-state index contributed by atoms with van der Waals surface area (Å²) in [6, 6.07) is 4.14. The summed E-state index contributed by atoms with van der Waals surface area (Å²) in [6.07, 6.45) is 1.35. The van der Waals surface area contributed by atoms with Gasteiger partial charge in [0.05, 0.1) is 11.8 Å². The van der Waals surface area contributed by atoms with Gasteiger partial charge in [-0.25, -0.2) is 4.39 Å². The van der Waals surface area contributed by atoms with Gasteiger partial charge in [-0.1, -0.05) is 0 Å². The number of halogens is 2. The van der Waals surface area contributed by atoms with Crippen LogP contribution in [0.3, 0.4) is 0 Å². The number of anilines is 1. The second-order valence-corrected chi connectivity index (χ2v) is 4.98. The lowest BCUT2D eigenvalue weighted by molar-refractivity contribution is -0.126. The second-order valence-electron chi connectivity index (χ2n) is 4.13. The molecule has 0 radical (unpaired) electrons. The number of amides is 1. The molecule has 1 aromatic rings. The van der Waals surface area contributed by atoms with E-state index in [1.807, 2.05) is 6.92 Å². The van der Waals surface area contributed by atoms with Crippen molar-refractivity contribution in [1.82, 2.24) is 0 Å². The largest absolute Gasteiger partial charge is 0.365 e. The van der Waals surface area contributed by atoms with Crippen LogP contribution in [-0.2, 0) is 9.53 Å². The Morgan fingerprint density at radius 2 is 2.29 bits per heavy atom. The summed E-state index contributed by atoms with van der Waals surface area (Å²) in [6.45, 7) is 1.95. The second kappa shape index (κ2) is 5.14. The van der Waals surface area contributed by atoms with Crippen LogP contribution in [0.2, 0.25) is 0 Å². The Morgan fingerprint density at radius 1 is 1.53 bits per heavy atom. The van der Waals surface area contributed by atoms with E-state index in [0.29, 0.717) is 10.2 Å². The van der Waals surface area contributed by atoms with Crippen molar-refractivity contribution in [2.45, 2.75) is 32.0 Å². The Morgan fingerprint density at radius 3 is 2.88 bits per heavy atom. The van der Waals surface area contributed by atoms with Crippen molar-refractivity contribution in [2.24, 2.45) is 0 Å². The number of nitrogens with one attached hydrogen (secondary N) is 1. The maximum Gasteiger partial charge on any atom is 0.253 e. The molecule has 1 aromatic carbocycles. The fraction of sp³-hybridized carbons (Fsp3) is 0.417. The molecule has 17 heavy (non-hydrogen) atoms. The normalized spacial score (nSPS) is 23.7. The van der Waals surface area contributed by atoms with Gasteiger partial charge in [0, 0.05) is 4.47 Å². The quantitative estimate of drug-likeness (QED) is 0.911. The van der Waals surface area contributed by atoms with Crippen molar-refractivity contribution in [3.05, 3.63) is 28.5 Å². The highest BCUT2D eigenvalue weighted by Crippen LogP contribution is 2.25. The number of carbonyl (C=O) groups excluding carboxylic acids is 1. The highest BCUT2D eigenvalue weighted by atomic mass is 79.9. The van der Waals surface area contributed by atoms with Crippen LogP contribution in [0.15, 0.2) is 22.7 Å². The van der Waals surface area contributed by atoms with Gasteiger partial charge in [-0.3, -0.25) is 4.79 Å². The molecule has 1 saturated heterocycles. The average Bonchev–Trinajstić information content (AvgIpc) is 2.69. The molecule has 1 fully saturated rings. The van der Waals surface area contributed by atoms with Crippen LogP contribution in [0.5, 0.6) is 0 Å². The molecule has 0 aliphatic carbocycles. The lowest BCUT2D eigenvalue weighted by Gasteiger charge is -2.12. The van der Waals surface area contributed by atoms with Crippen LogP contribution < -0.4 is 5.32 Å². The Balaban J connectivity index is 2.03. The molecule has 5 heteroatoms. The standard InChI is InChI=1S/C12H13BrFNO2/c1-7-2-5-11(17-7)12(16)15-10-4-3-8(14)6-9(10)13/h3-4,6-7,11H,2,5H2,1H3,(H,15,16). The van der Waals surface area contributed by atoms with E-state index < -0.39 is 6.10 Å². The third kappa shape index (κ3) is 3.04. The molecule has 1 amide bonds. The molecule has 2 rings (SSSR count). The third-order valence-corrected chi connectivity index (χ3v) is 3.37. The topological polar surface area (TPSA) is 38.3 Å². The van der Waals surface area contributed by atoms with Crippen LogP contribution in [0, 0.1) is 5.82 Å². The van der Waals surface area contributed by atoms with E-state index in [2.05, 4.69) is 21.2 Å². The van der Waals surface area contributed by atoms with Gasteiger partial charge < -0.3 is 10.1 Å². The Labute approximate surface area is 107 Å². The predicted molar refractivity (Wildman–Crippen MR) is 66.3 cm³/mol. The Bertz CT molecular complexity index is 439. The van der Waals surface area contributed by atoms with Crippen molar-refractivity contribution in [3.8, 4) is 0 Å². The smallest absolute Gasteiger partial charge is 0.253 e. The molecular formula is C12H13BrFNO2. The first-order valence-corrected chi connectivity index (χ1v) is 6.27. The molecule has 0 saturated carbocycles. The number of benzene rings is 1. The SMILES string of the molecule is CC1CCC(C(=O)Nc2ccc(F)cc2Br)O1. The average molecular weight is 302 g/mol. The number of hydrogen-bond acceptors (Lipinski definition) is 2. The van der Waals surface area contributed by atoms with Crippen molar-refractivity contribution in [3.63, 3.8) is 0 Å². The number of ether oxygens (including phenoxy) is 1. The molecule has 1 aliphatic heterocycles. The molecule has 0 aromatic heterocycles. The molecule has 1 N–H and O–H groups in total. The number of carbonyl (C=O) groups is 1. The van der Waals surface area contributed by atoms with Crippen LogP contribution in [0.25, 0.3) is 0 Å². The maximum absolute atomic E-state index is 12.9. The van der Waals surface area contributed by atoms with Crippen LogP contribution in [-0.4, -0.2) is 18.1 Å². The predicted octanol–water partition coefficient (Wildman–Crippen LogP) is 3.09. The molecule has 0 spiro atoms. The van der Waals surface area contributed by atoms with Crippen molar-refractivity contribution < 1.29 is 13.9 Å². The summed E-state index contributed by atoms with van der Waals surface area (Å²) in [5.74, 6) is -0.526. The van der Waals surface area contributed by atoms with E-state index in [9.17, 15) is 9.18 Å². The first-order valence-electron chi connectivity index (χ1n) is 5.47. The summed E-state index contributed by atoms with van der Waals surface area (Å²) in [5, 5.41) is 2.72. The van der Waals surface area contributed by atoms with Crippen molar-refractivity contribution >= 4 is 27.5 Å². The fourth-order valence-electron chi connectivity index (χ4n) is 1.80. The fourth-order valence-corrected chi connectivity index (χ4v) is 2.25. The molecule has 0 bridgehead atoms. The van der Waals surface area contributed by atoms with E-state index >= 15 is 0 Å². The molecule has 1 heterocycles. The monoisotopic (exact) mass is 301 g/mol. The first-order chi connectivity index (χ1) is 8.06. The summed E-state index contributed by atoms with van der Waals surface area (Å²) >= 11 is 3.20. The van der Waals surface area contributed by atoms with E-state index in [1.54, 1.807) is 0 Å². The molecule has 2 unspecified atom stereocenters. The van der Waals surface area contributed by atoms with E-state index in [-0.39, 0.29) is 17.8 Å². The minimum absolute atomic E-state index is 0.127. The third-order valence-electron chi connectivity index (χ3n) is 2.71. The minimum atomic E-state index is -0.401. The highest BCUT2D eigenvalue weighted by Gasteiger charge is 2.28. The van der Waals surface area contributed by atoms with Gasteiger partial charge in [-0.05, 0) is 53.9 Å². The van der Waals surface area contributed by atoms with E-state index in [0.717, 1.165) is 12.8 Å². The molecule has 2 atom stereocenters. The zero-order chi connectivity index (χ0) is 12.4. The zero-order valence-corrected chi connectivity index (χ0v) is 11.0. The van der Waals surface area contributed by atoms with E-state index in [4.69, 9.17) is 4.74 Å². The molecule has 1 aliphatic rings. The van der Waals surface area contributed by atoms with Crippen LogP contribution in [0.1, 0.15) is 19.8 Å². The van der Waals surface area contributed by atoms with Gasteiger partial charge in [0.25, 0.3) is 5.91 Å². The summed E-state index contributed by atoms with van der Waals surface area (Å²) < 4.78 is 18.9. The van der Waals surface area contributed by atoms with Crippen molar-refractivity contribution in [1.29, 1.82) is 0 Å². The van der Waals surface area contributed by atoms with Gasteiger partial charge in [0.1, 0.15) is 11.9 Å². The summed E-state index contributed by atoms with van der Waals surface area (Å²) in [4.78, 5) is 11.8. The lowest BCUT2D eigenvalue weighted by Crippen LogP contribution is -2.27. The molecule has 92 valence electrons. The zero-order valence-electron chi connectivity index (χ0n) is 9.37. The summed E-state index contributed by atoms with van der Waals surface area (Å²) in [5.41, 5.74) is 0.555. The van der Waals surface area contributed by atoms with Gasteiger partial charge in [-0.2, -0.15) is 0 Å². The highest BCUT2D eigenvalue weighted by molar-refractivity contribution is 9.10. The number of hydrogen-bond donors (Lipinski definition) is 1. The Kier molecular flexibility index (Phi) is 3.79. The van der Waals surface area contributed by atoms with Crippen LogP contribution >= 0.6 is 15.9 Å². The minimum Gasteiger partial charge on any atom is -0.365 e. The van der Waals surface area contributed by atoms with Gasteiger partial charge >= 0.3 is 0 Å². The molecule has 3 nitrogen and oxygen atoms in total. The van der Waals surface area contributed by atoms with Gasteiger partial charge in [0.15, 0.2) is 0 Å². The van der Waals surface area contributed by atoms with Gasteiger partial charge in [-0.15, -0.1) is 0 Å². The van der Waals surface area contributed by atoms with Gasteiger partial charge in [0.2, 0.25) is 0 Å². The molecular weight excluding hydrogens is 289 g/mol. The van der Waals surface area contributed by atoms with Crippen LogP contribution in [0.4, 0.5) is 10.1 Å². The lowest BCUT2D eigenvalue weighted by atomic mass is 10.2. The van der Waals surface area contributed by atoms with Crippen molar-refractivity contribution in [2.75, 3.05) is 5.32 Å². The maximum atomic E-state index is 12.9. The summed E-state index contributed by atoms with van der Waals surface area (Å²) in [7, 11) is 0. The Hall–Kier alpha value is -0.940.